The molecule has 13 heteroatoms. The average molecular weight is 421 g/mol. The lowest BCUT2D eigenvalue weighted by Crippen LogP contribution is -2.57. The smallest absolute Gasteiger partial charge is 0.326 e. The van der Waals surface area contributed by atoms with Crippen molar-refractivity contribution in [3.63, 3.8) is 0 Å². The number of carboxylic acid groups (broad SMARTS) is 1. The van der Waals surface area contributed by atoms with E-state index in [9.17, 15) is 34.2 Å². The van der Waals surface area contributed by atoms with Gasteiger partial charge in [0, 0.05) is 6.42 Å². The molecule has 4 amide bonds. The highest BCUT2D eigenvalue weighted by molar-refractivity contribution is 7.98. The summed E-state index contributed by atoms with van der Waals surface area (Å²) >= 11 is 1.40. The quantitative estimate of drug-likeness (QED) is 0.148. The molecule has 9 N–H and O–H groups in total. The molecule has 12 nitrogen and oxygen atoms in total. The molecule has 0 aliphatic heterocycles. The second kappa shape index (κ2) is 13.7. The standard InChI is InChI=1S/C15H27N5O7S/c1-28-5-4-9(15(26)27)20-13(24)8(2-3-11(17)22)19-14(25)10(7-21)18-12(23)6-16/h8-10,21H,2-7,16H2,1H3,(H2,17,22)(H,18,23)(H,19,25)(H,20,24)(H,26,27). The van der Waals surface area contributed by atoms with E-state index in [-0.39, 0.29) is 19.3 Å². The molecule has 0 saturated carbocycles. The van der Waals surface area contributed by atoms with Crippen LogP contribution >= 0.6 is 11.8 Å². The first-order chi connectivity index (χ1) is 13.2. The van der Waals surface area contributed by atoms with E-state index >= 15 is 0 Å². The zero-order valence-corrected chi connectivity index (χ0v) is 16.3. The van der Waals surface area contributed by atoms with Crippen LogP contribution in [0.1, 0.15) is 19.3 Å². The van der Waals surface area contributed by atoms with E-state index < -0.39 is 60.9 Å². The maximum absolute atomic E-state index is 12.4. The summed E-state index contributed by atoms with van der Waals surface area (Å²) in [6.07, 6.45) is 1.50. The molecular weight excluding hydrogens is 394 g/mol. The minimum Gasteiger partial charge on any atom is -0.480 e. The number of primary amides is 1. The summed E-state index contributed by atoms with van der Waals surface area (Å²) in [7, 11) is 0. The highest BCUT2D eigenvalue weighted by Gasteiger charge is 2.29. The van der Waals surface area contributed by atoms with Crippen LogP contribution in [0.4, 0.5) is 0 Å². The molecular formula is C15H27N5O7S. The van der Waals surface area contributed by atoms with E-state index in [0.717, 1.165) is 0 Å². The zero-order valence-electron chi connectivity index (χ0n) is 15.5. The van der Waals surface area contributed by atoms with Gasteiger partial charge in [-0.15, -0.1) is 0 Å². The Morgan fingerprint density at radius 3 is 2.00 bits per heavy atom. The molecule has 0 aromatic carbocycles. The van der Waals surface area contributed by atoms with Gasteiger partial charge in [-0.05, 0) is 24.9 Å². The van der Waals surface area contributed by atoms with Crippen molar-refractivity contribution in [2.75, 3.05) is 25.2 Å². The van der Waals surface area contributed by atoms with Crippen LogP contribution in [0.15, 0.2) is 0 Å². The summed E-state index contributed by atoms with van der Waals surface area (Å²) in [6, 6.07) is -3.84. The number of amides is 4. The summed E-state index contributed by atoms with van der Waals surface area (Å²) < 4.78 is 0. The van der Waals surface area contributed by atoms with Crippen molar-refractivity contribution in [2.45, 2.75) is 37.4 Å². The average Bonchev–Trinajstić information content (AvgIpc) is 2.65. The minimum atomic E-state index is -1.37. The molecule has 0 radical (unpaired) electrons. The second-order valence-electron chi connectivity index (χ2n) is 5.75. The van der Waals surface area contributed by atoms with E-state index in [4.69, 9.17) is 11.5 Å². The molecule has 0 aromatic heterocycles. The number of carboxylic acids is 1. The Kier molecular flexibility index (Phi) is 12.6. The summed E-state index contributed by atoms with van der Waals surface area (Å²) in [6.45, 7) is -1.17. The van der Waals surface area contributed by atoms with Gasteiger partial charge in [-0.25, -0.2) is 4.79 Å². The molecule has 0 heterocycles. The van der Waals surface area contributed by atoms with Gasteiger partial charge in [-0.3, -0.25) is 19.2 Å². The SMILES string of the molecule is CSCCC(NC(=O)C(CCC(N)=O)NC(=O)C(CO)NC(=O)CN)C(=O)O. The molecule has 0 aliphatic rings. The van der Waals surface area contributed by atoms with Gasteiger partial charge in [0.2, 0.25) is 23.6 Å². The fourth-order valence-electron chi connectivity index (χ4n) is 2.04. The van der Waals surface area contributed by atoms with Crippen molar-refractivity contribution in [1.82, 2.24) is 16.0 Å². The summed E-state index contributed by atoms with van der Waals surface area (Å²) in [4.78, 5) is 58.3. The van der Waals surface area contributed by atoms with Gasteiger partial charge >= 0.3 is 5.97 Å². The van der Waals surface area contributed by atoms with Gasteiger partial charge in [0.1, 0.15) is 18.1 Å². The Morgan fingerprint density at radius 2 is 1.54 bits per heavy atom. The van der Waals surface area contributed by atoms with Gasteiger partial charge in [0.15, 0.2) is 0 Å². The van der Waals surface area contributed by atoms with Crippen LogP contribution in [0.2, 0.25) is 0 Å². The molecule has 0 aliphatic carbocycles. The number of nitrogens with two attached hydrogens (primary N) is 2. The molecule has 3 unspecified atom stereocenters. The number of aliphatic hydroxyl groups excluding tert-OH is 1. The third-order valence-electron chi connectivity index (χ3n) is 3.56. The summed E-state index contributed by atoms with van der Waals surface area (Å²) in [5, 5.41) is 25.2. The molecule has 0 saturated heterocycles. The topological polar surface area (TPSA) is 214 Å². The number of nitrogens with one attached hydrogen (secondary N) is 3. The zero-order chi connectivity index (χ0) is 21.7. The van der Waals surface area contributed by atoms with Crippen LogP contribution in [0.3, 0.4) is 0 Å². The molecule has 0 bridgehead atoms. The molecule has 160 valence electrons. The van der Waals surface area contributed by atoms with Crippen molar-refractivity contribution >= 4 is 41.4 Å². The third kappa shape index (κ3) is 10.1. The summed E-state index contributed by atoms with van der Waals surface area (Å²) in [5.41, 5.74) is 10.2. The van der Waals surface area contributed by atoms with Crippen LogP contribution in [0, 0.1) is 0 Å². The predicted molar refractivity (Wildman–Crippen MR) is 101 cm³/mol. The fraction of sp³-hybridized carbons (Fsp3) is 0.667. The Balaban J connectivity index is 5.19. The van der Waals surface area contributed by atoms with Gasteiger partial charge in [-0.2, -0.15) is 11.8 Å². The molecule has 0 spiro atoms. The number of carbonyl (C=O) groups is 5. The van der Waals surface area contributed by atoms with Gasteiger partial charge in [-0.1, -0.05) is 0 Å². The van der Waals surface area contributed by atoms with Crippen molar-refractivity contribution in [2.24, 2.45) is 11.5 Å². The number of hydrogen-bond acceptors (Lipinski definition) is 8. The lowest BCUT2D eigenvalue weighted by molar-refractivity contribution is -0.142. The maximum Gasteiger partial charge on any atom is 0.326 e. The molecule has 0 aromatic rings. The minimum absolute atomic E-state index is 0.157. The van der Waals surface area contributed by atoms with E-state index in [0.29, 0.717) is 5.75 Å². The van der Waals surface area contributed by atoms with E-state index in [1.165, 1.54) is 11.8 Å². The predicted octanol–water partition coefficient (Wildman–Crippen LogP) is -3.50. The molecule has 0 rings (SSSR count). The number of carbonyl (C=O) groups excluding carboxylic acids is 4. The monoisotopic (exact) mass is 421 g/mol. The summed E-state index contributed by atoms with van der Waals surface area (Å²) in [5.74, 6) is -3.91. The van der Waals surface area contributed by atoms with Crippen LogP contribution in [-0.2, 0) is 24.0 Å². The maximum atomic E-state index is 12.4. The molecule has 3 atom stereocenters. The first-order valence-electron chi connectivity index (χ1n) is 8.37. The van der Waals surface area contributed by atoms with Crippen LogP contribution in [0.25, 0.3) is 0 Å². The fourth-order valence-corrected chi connectivity index (χ4v) is 2.51. The number of aliphatic carboxylic acids is 1. The van der Waals surface area contributed by atoms with Crippen molar-refractivity contribution in [3.05, 3.63) is 0 Å². The van der Waals surface area contributed by atoms with E-state index in [1.807, 2.05) is 0 Å². The number of thioether (sulfide) groups is 1. The molecule has 28 heavy (non-hydrogen) atoms. The Bertz CT molecular complexity index is 575. The third-order valence-corrected chi connectivity index (χ3v) is 4.20. The lowest BCUT2D eigenvalue weighted by Gasteiger charge is -2.23. The first-order valence-corrected chi connectivity index (χ1v) is 9.76. The lowest BCUT2D eigenvalue weighted by atomic mass is 10.1. The van der Waals surface area contributed by atoms with Crippen LogP contribution in [-0.4, -0.2) is 83.1 Å². The van der Waals surface area contributed by atoms with Crippen molar-refractivity contribution in [3.8, 4) is 0 Å². The Morgan fingerprint density at radius 1 is 0.964 bits per heavy atom. The Hall–Kier alpha value is -2.38. The van der Waals surface area contributed by atoms with Crippen molar-refractivity contribution in [1.29, 1.82) is 0 Å². The van der Waals surface area contributed by atoms with Crippen LogP contribution in [0.5, 0.6) is 0 Å². The van der Waals surface area contributed by atoms with Gasteiger partial charge in [0.25, 0.3) is 0 Å². The van der Waals surface area contributed by atoms with E-state index in [2.05, 4.69) is 16.0 Å². The number of rotatable bonds is 14. The van der Waals surface area contributed by atoms with Crippen molar-refractivity contribution < 1.29 is 34.2 Å². The normalized spacial score (nSPS) is 13.7. The van der Waals surface area contributed by atoms with E-state index in [1.54, 1.807) is 6.26 Å². The van der Waals surface area contributed by atoms with Crippen LogP contribution < -0.4 is 27.4 Å². The van der Waals surface area contributed by atoms with Gasteiger partial charge < -0.3 is 37.6 Å². The molecule has 0 fully saturated rings. The van der Waals surface area contributed by atoms with Gasteiger partial charge in [0.05, 0.1) is 13.2 Å². The highest BCUT2D eigenvalue weighted by atomic mass is 32.2. The number of aliphatic hydroxyl groups is 1. The largest absolute Gasteiger partial charge is 0.480 e. The first kappa shape index (κ1) is 25.6. The second-order valence-corrected chi connectivity index (χ2v) is 6.74. The number of hydrogen-bond donors (Lipinski definition) is 7. The highest BCUT2D eigenvalue weighted by Crippen LogP contribution is 2.04. The Labute approximate surface area is 166 Å².